The van der Waals surface area contributed by atoms with Crippen LogP contribution in [0, 0.1) is 5.92 Å². The molecule has 8 nitrogen and oxygen atoms in total. The van der Waals surface area contributed by atoms with Crippen LogP contribution >= 0.6 is 23.2 Å². The van der Waals surface area contributed by atoms with E-state index in [1.165, 1.54) is 4.57 Å². The fourth-order valence-electron chi connectivity index (χ4n) is 2.82. The molecule has 1 aromatic heterocycles. The molecule has 1 heterocycles. The third kappa shape index (κ3) is 6.16. The number of nitrogens with one attached hydrogen (secondary N) is 1. The van der Waals surface area contributed by atoms with E-state index in [0.29, 0.717) is 42.0 Å². The van der Waals surface area contributed by atoms with Crippen molar-refractivity contribution < 1.29 is 9.47 Å². The number of ether oxygens (including phenoxy) is 2. The summed E-state index contributed by atoms with van der Waals surface area (Å²) in [6, 6.07) is 4.93. The highest BCUT2D eigenvalue weighted by atomic mass is 35.5. The Morgan fingerprint density at radius 3 is 2.55 bits per heavy atom. The molecule has 0 aliphatic carbocycles. The highest BCUT2D eigenvalue weighted by molar-refractivity contribution is 6.34. The van der Waals surface area contributed by atoms with Gasteiger partial charge in [0.05, 0.1) is 18.2 Å². The number of hydrogen-bond donors (Lipinski definition) is 2. The van der Waals surface area contributed by atoms with Gasteiger partial charge in [-0.05, 0) is 18.1 Å². The molecule has 0 unspecified atom stereocenters. The molecular weight excluding hydrogens is 419 g/mol. The summed E-state index contributed by atoms with van der Waals surface area (Å²) in [5.74, 6) is 0.733. The fraction of sp³-hybridized carbons (Fsp3) is 0.474. The Labute approximate surface area is 179 Å². The van der Waals surface area contributed by atoms with Gasteiger partial charge in [-0.2, -0.15) is 0 Å². The summed E-state index contributed by atoms with van der Waals surface area (Å²) >= 11 is 12.1. The summed E-state index contributed by atoms with van der Waals surface area (Å²) in [5, 5.41) is 0.933. The normalized spacial score (nSPS) is 11.1. The molecule has 0 saturated heterocycles. The van der Waals surface area contributed by atoms with E-state index >= 15 is 0 Å². The van der Waals surface area contributed by atoms with E-state index in [1.807, 2.05) is 13.8 Å². The van der Waals surface area contributed by atoms with E-state index in [2.05, 4.69) is 4.98 Å². The number of nitrogen functional groups attached to an aromatic ring is 1. The zero-order chi connectivity index (χ0) is 21.6. The van der Waals surface area contributed by atoms with Gasteiger partial charge in [0.15, 0.2) is 0 Å². The quantitative estimate of drug-likeness (QED) is 0.583. The van der Waals surface area contributed by atoms with E-state index in [9.17, 15) is 9.59 Å². The van der Waals surface area contributed by atoms with Crippen LogP contribution < -0.4 is 26.6 Å². The topological polar surface area (TPSA) is 103 Å². The molecule has 0 bridgehead atoms. The minimum atomic E-state index is -0.551. The van der Waals surface area contributed by atoms with Crippen LogP contribution in [0.5, 0.6) is 5.75 Å². The molecule has 0 aliphatic rings. The van der Waals surface area contributed by atoms with Crippen molar-refractivity contribution in [1.29, 1.82) is 0 Å². The highest BCUT2D eigenvalue weighted by Gasteiger charge is 2.19. The molecule has 0 spiro atoms. The largest absolute Gasteiger partial charge is 0.490 e. The van der Waals surface area contributed by atoms with Gasteiger partial charge in [-0.3, -0.25) is 14.3 Å². The van der Waals surface area contributed by atoms with Crippen LogP contribution in [0.25, 0.3) is 0 Å². The Bertz CT molecular complexity index is 943. The van der Waals surface area contributed by atoms with E-state index in [4.69, 9.17) is 38.4 Å². The van der Waals surface area contributed by atoms with Crippen molar-refractivity contribution in [2.75, 3.05) is 44.0 Å². The molecule has 0 amide bonds. The van der Waals surface area contributed by atoms with Crippen LogP contribution in [0.3, 0.4) is 0 Å². The second kappa shape index (κ2) is 10.6. The fourth-order valence-corrected chi connectivity index (χ4v) is 3.15. The van der Waals surface area contributed by atoms with E-state index < -0.39 is 11.2 Å². The summed E-state index contributed by atoms with van der Waals surface area (Å²) in [5.41, 5.74) is 5.34. The lowest BCUT2D eigenvalue weighted by atomic mass is 10.2. The van der Waals surface area contributed by atoms with Crippen molar-refractivity contribution in [3.63, 3.8) is 0 Å². The molecule has 0 fully saturated rings. The molecule has 0 radical (unpaired) electrons. The molecule has 0 saturated carbocycles. The predicted molar refractivity (Wildman–Crippen MR) is 117 cm³/mol. The molecule has 160 valence electrons. The van der Waals surface area contributed by atoms with Crippen LogP contribution in [0.4, 0.5) is 11.5 Å². The lowest BCUT2D eigenvalue weighted by molar-refractivity contribution is 0.203. The van der Waals surface area contributed by atoms with Crippen LogP contribution in [0.1, 0.15) is 13.8 Å². The smallest absolute Gasteiger partial charge is 0.330 e. The monoisotopic (exact) mass is 444 g/mol. The van der Waals surface area contributed by atoms with Crippen molar-refractivity contribution in [2.24, 2.45) is 5.92 Å². The van der Waals surface area contributed by atoms with E-state index in [0.717, 1.165) is 0 Å². The standard InChI is InChI=1S/C19H26Cl2N4O4/c1-12(2)11-25-17(22)16(18(26)23-19(25)27)24(6-8-28-3)7-9-29-15-10-13(20)4-5-14(15)21/h4-5,10,12H,6-9,11,22H2,1-3H3,(H,23,26,27). The van der Waals surface area contributed by atoms with Gasteiger partial charge in [-0.1, -0.05) is 37.0 Å². The van der Waals surface area contributed by atoms with Gasteiger partial charge in [-0.25, -0.2) is 4.79 Å². The summed E-state index contributed by atoms with van der Waals surface area (Å²) in [4.78, 5) is 28.8. The number of benzene rings is 1. The zero-order valence-electron chi connectivity index (χ0n) is 16.7. The summed E-state index contributed by atoms with van der Waals surface area (Å²) in [6.07, 6.45) is 0. The number of nitrogens with zero attached hydrogens (tertiary/aromatic N) is 2. The van der Waals surface area contributed by atoms with Gasteiger partial charge in [0.2, 0.25) is 0 Å². The zero-order valence-corrected chi connectivity index (χ0v) is 18.2. The average molecular weight is 445 g/mol. The lowest BCUT2D eigenvalue weighted by Gasteiger charge is -2.26. The summed E-state index contributed by atoms with van der Waals surface area (Å²) in [7, 11) is 1.56. The SMILES string of the molecule is COCCN(CCOc1cc(Cl)ccc1Cl)c1c(N)n(CC(C)C)c(=O)[nH]c1=O. The first-order chi connectivity index (χ1) is 13.7. The van der Waals surface area contributed by atoms with E-state index in [-0.39, 0.29) is 24.0 Å². The van der Waals surface area contributed by atoms with Crippen molar-refractivity contribution in [1.82, 2.24) is 9.55 Å². The van der Waals surface area contributed by atoms with Gasteiger partial charge in [0, 0.05) is 31.3 Å². The maximum absolute atomic E-state index is 12.5. The number of methoxy groups -OCH3 is 1. The minimum absolute atomic E-state index is 0.115. The minimum Gasteiger partial charge on any atom is -0.490 e. The Hall–Kier alpha value is -2.16. The number of anilines is 2. The summed E-state index contributed by atoms with van der Waals surface area (Å²) in [6.45, 7) is 5.59. The van der Waals surface area contributed by atoms with Gasteiger partial charge in [0.1, 0.15) is 23.9 Å². The molecule has 0 aliphatic heterocycles. The van der Waals surface area contributed by atoms with Crippen LogP contribution in [0.15, 0.2) is 27.8 Å². The average Bonchev–Trinajstić information content (AvgIpc) is 2.65. The molecule has 2 aromatic rings. The van der Waals surface area contributed by atoms with Gasteiger partial charge in [0.25, 0.3) is 5.56 Å². The first-order valence-corrected chi connectivity index (χ1v) is 9.94. The number of H-pyrrole nitrogens is 1. The van der Waals surface area contributed by atoms with Crippen molar-refractivity contribution in [3.8, 4) is 5.75 Å². The Balaban J connectivity index is 2.28. The lowest BCUT2D eigenvalue weighted by Crippen LogP contribution is -2.41. The molecule has 1 aromatic carbocycles. The number of aromatic amines is 1. The van der Waals surface area contributed by atoms with Crippen LogP contribution in [0.2, 0.25) is 10.0 Å². The molecular formula is C19H26Cl2N4O4. The van der Waals surface area contributed by atoms with Crippen molar-refractivity contribution in [3.05, 3.63) is 49.1 Å². The second-order valence-electron chi connectivity index (χ2n) is 6.90. The van der Waals surface area contributed by atoms with Gasteiger partial charge < -0.3 is 20.1 Å². The first-order valence-electron chi connectivity index (χ1n) is 9.19. The molecule has 2 rings (SSSR count). The van der Waals surface area contributed by atoms with Crippen LogP contribution in [-0.2, 0) is 11.3 Å². The molecule has 0 atom stereocenters. The molecule has 3 N–H and O–H groups in total. The van der Waals surface area contributed by atoms with Crippen LogP contribution in [-0.4, -0.2) is 43.0 Å². The third-order valence-electron chi connectivity index (χ3n) is 4.16. The Morgan fingerprint density at radius 1 is 1.21 bits per heavy atom. The first kappa shape index (κ1) is 23.1. The van der Waals surface area contributed by atoms with Gasteiger partial charge in [-0.15, -0.1) is 0 Å². The predicted octanol–water partition coefficient (Wildman–Crippen LogP) is 2.61. The molecule has 29 heavy (non-hydrogen) atoms. The number of nitrogens with two attached hydrogens (primary N) is 1. The Kier molecular flexibility index (Phi) is 8.43. The second-order valence-corrected chi connectivity index (χ2v) is 7.74. The maximum atomic E-state index is 12.5. The third-order valence-corrected chi connectivity index (χ3v) is 4.70. The van der Waals surface area contributed by atoms with E-state index in [1.54, 1.807) is 30.2 Å². The molecule has 10 heteroatoms. The number of hydrogen-bond acceptors (Lipinski definition) is 6. The van der Waals surface area contributed by atoms with Gasteiger partial charge >= 0.3 is 5.69 Å². The van der Waals surface area contributed by atoms with Crippen molar-refractivity contribution in [2.45, 2.75) is 20.4 Å². The maximum Gasteiger partial charge on any atom is 0.330 e. The summed E-state index contributed by atoms with van der Waals surface area (Å²) < 4.78 is 12.2. The van der Waals surface area contributed by atoms with Crippen molar-refractivity contribution >= 4 is 34.7 Å². The Morgan fingerprint density at radius 2 is 1.90 bits per heavy atom. The highest BCUT2D eigenvalue weighted by Crippen LogP contribution is 2.27. The number of halogens is 2. The number of rotatable bonds is 10. The number of aromatic nitrogens is 2.